The summed E-state index contributed by atoms with van der Waals surface area (Å²) in [5.74, 6) is 0.158. The highest BCUT2D eigenvalue weighted by atomic mass is 16.7. The molecule has 0 unspecified atom stereocenters. The lowest BCUT2D eigenvalue weighted by Gasteiger charge is -2.38. The molecule has 2 heterocycles. The number of amides is 3. The number of rotatable bonds is 9. The fourth-order valence-electron chi connectivity index (χ4n) is 5.22. The van der Waals surface area contributed by atoms with Gasteiger partial charge in [0.15, 0.2) is 11.5 Å². The average molecular weight is 605 g/mol. The Kier molecular flexibility index (Phi) is 9.21. The second-order valence-corrected chi connectivity index (χ2v) is 11.2. The molecule has 0 spiro atoms. The van der Waals surface area contributed by atoms with Crippen molar-refractivity contribution >= 4 is 29.3 Å². The second kappa shape index (κ2) is 13.2. The number of carboxylic acid groups (broad SMARTS) is 1. The van der Waals surface area contributed by atoms with E-state index in [-0.39, 0.29) is 42.5 Å². The van der Waals surface area contributed by atoms with Gasteiger partial charge in [-0.3, -0.25) is 9.69 Å². The molecule has 2 aliphatic rings. The Hall–Kier alpha value is -4.81. The van der Waals surface area contributed by atoms with Gasteiger partial charge in [0.1, 0.15) is 11.9 Å². The summed E-state index contributed by atoms with van der Waals surface area (Å²) in [7, 11) is 1.95. The molecule has 3 atom stereocenters. The number of anilines is 2. The molecule has 12 heteroatoms. The van der Waals surface area contributed by atoms with E-state index in [0.29, 0.717) is 48.3 Å². The highest BCUT2D eigenvalue weighted by Crippen LogP contribution is 2.34. The van der Waals surface area contributed by atoms with Crippen LogP contribution in [-0.4, -0.2) is 83.6 Å². The Morgan fingerprint density at radius 3 is 2.34 bits per heavy atom. The predicted octanol–water partition coefficient (Wildman–Crippen LogP) is 4.11. The van der Waals surface area contributed by atoms with Crippen LogP contribution in [0.5, 0.6) is 17.2 Å². The van der Waals surface area contributed by atoms with Crippen LogP contribution in [-0.2, 0) is 6.54 Å². The molecule has 2 aliphatic heterocycles. The van der Waals surface area contributed by atoms with Crippen molar-refractivity contribution in [3.63, 3.8) is 0 Å². The predicted molar refractivity (Wildman–Crippen MR) is 163 cm³/mol. The third-order valence-corrected chi connectivity index (χ3v) is 7.70. The van der Waals surface area contributed by atoms with Crippen molar-refractivity contribution in [3.05, 3.63) is 77.4 Å². The monoisotopic (exact) mass is 604 g/mol. The molecule has 0 radical (unpaired) electrons. The van der Waals surface area contributed by atoms with Crippen molar-refractivity contribution in [2.45, 2.75) is 32.5 Å². The van der Waals surface area contributed by atoms with Gasteiger partial charge in [-0.2, -0.15) is 0 Å². The number of hydrogen-bond acceptors (Lipinski definition) is 8. The van der Waals surface area contributed by atoms with Gasteiger partial charge in [0.05, 0.1) is 23.8 Å². The number of urea groups is 1. The topological polar surface area (TPSA) is 150 Å². The Balaban J connectivity index is 1.33. The molecule has 4 N–H and O–H groups in total. The zero-order chi connectivity index (χ0) is 31.4. The molecule has 3 amide bonds. The zero-order valence-electron chi connectivity index (χ0n) is 24.8. The van der Waals surface area contributed by atoms with Crippen molar-refractivity contribution in [1.82, 2.24) is 9.80 Å². The second-order valence-electron chi connectivity index (χ2n) is 11.2. The molecular formula is C32H36N4O8. The van der Waals surface area contributed by atoms with Crippen LogP contribution >= 0.6 is 0 Å². The molecule has 0 saturated carbocycles. The average Bonchev–Trinajstić information content (AvgIpc) is 3.47. The third-order valence-electron chi connectivity index (χ3n) is 7.70. The number of hydrogen-bond donors (Lipinski definition) is 4. The van der Waals surface area contributed by atoms with E-state index >= 15 is 0 Å². The highest BCUT2D eigenvalue weighted by Gasteiger charge is 2.33. The van der Waals surface area contributed by atoms with E-state index in [9.17, 15) is 24.6 Å². The van der Waals surface area contributed by atoms with Gasteiger partial charge >= 0.3 is 12.0 Å². The lowest BCUT2D eigenvalue weighted by Crippen LogP contribution is -2.49. The van der Waals surface area contributed by atoms with Gasteiger partial charge in [0.2, 0.25) is 6.79 Å². The summed E-state index contributed by atoms with van der Waals surface area (Å²) in [6.45, 7) is 5.16. The number of ether oxygens (including phenoxy) is 3. The van der Waals surface area contributed by atoms with Gasteiger partial charge in [0, 0.05) is 43.0 Å². The van der Waals surface area contributed by atoms with E-state index in [1.165, 1.54) is 0 Å². The van der Waals surface area contributed by atoms with E-state index in [0.717, 1.165) is 5.56 Å². The first-order valence-electron chi connectivity index (χ1n) is 14.3. The van der Waals surface area contributed by atoms with Crippen molar-refractivity contribution in [3.8, 4) is 17.2 Å². The quantitative estimate of drug-likeness (QED) is 0.283. The maximum absolute atomic E-state index is 13.7. The summed E-state index contributed by atoms with van der Waals surface area (Å²) in [4.78, 5) is 41.5. The lowest BCUT2D eigenvalue weighted by molar-refractivity contribution is 0.0341. The van der Waals surface area contributed by atoms with Crippen LogP contribution < -0.4 is 24.8 Å². The first-order chi connectivity index (χ1) is 21.1. The fourth-order valence-corrected chi connectivity index (χ4v) is 5.22. The summed E-state index contributed by atoms with van der Waals surface area (Å²) in [6, 6.07) is 15.8. The van der Waals surface area contributed by atoms with Crippen LogP contribution in [0.15, 0.2) is 60.7 Å². The maximum Gasteiger partial charge on any atom is 0.335 e. The summed E-state index contributed by atoms with van der Waals surface area (Å²) in [6.07, 6.45) is -0.313. The van der Waals surface area contributed by atoms with Crippen LogP contribution in [0.4, 0.5) is 16.2 Å². The van der Waals surface area contributed by atoms with Gasteiger partial charge < -0.3 is 40.0 Å². The smallest absolute Gasteiger partial charge is 0.335 e. The van der Waals surface area contributed by atoms with Crippen LogP contribution in [0.3, 0.4) is 0 Å². The van der Waals surface area contributed by atoms with Crippen LogP contribution in [0.25, 0.3) is 0 Å². The van der Waals surface area contributed by atoms with Crippen molar-refractivity contribution in [2.75, 3.05) is 44.2 Å². The number of benzene rings is 3. The minimum absolute atomic E-state index is 0.0804. The minimum Gasteiger partial charge on any atom is -0.488 e. The molecule has 0 bridgehead atoms. The molecule has 12 nitrogen and oxygen atoms in total. The Morgan fingerprint density at radius 1 is 1.00 bits per heavy atom. The number of carbonyl (C=O) groups excluding carboxylic acids is 2. The van der Waals surface area contributed by atoms with Crippen LogP contribution in [0.2, 0.25) is 0 Å². The van der Waals surface area contributed by atoms with E-state index < -0.39 is 18.0 Å². The lowest BCUT2D eigenvalue weighted by atomic mass is 9.99. The molecule has 0 aromatic heterocycles. The van der Waals surface area contributed by atoms with Crippen LogP contribution in [0.1, 0.15) is 40.1 Å². The summed E-state index contributed by atoms with van der Waals surface area (Å²) < 4.78 is 17.1. The molecule has 44 heavy (non-hydrogen) atoms. The van der Waals surface area contributed by atoms with E-state index in [2.05, 4.69) is 15.5 Å². The van der Waals surface area contributed by atoms with Gasteiger partial charge in [0.25, 0.3) is 5.91 Å². The number of nitrogens with one attached hydrogen (secondary N) is 2. The number of aromatic carboxylic acids is 1. The van der Waals surface area contributed by atoms with E-state index in [4.69, 9.17) is 14.2 Å². The largest absolute Gasteiger partial charge is 0.488 e. The van der Waals surface area contributed by atoms with E-state index in [1.54, 1.807) is 72.5 Å². The van der Waals surface area contributed by atoms with E-state index in [1.807, 2.05) is 14.0 Å². The molecule has 0 aliphatic carbocycles. The van der Waals surface area contributed by atoms with Gasteiger partial charge in [-0.1, -0.05) is 19.1 Å². The summed E-state index contributed by atoms with van der Waals surface area (Å²) in [5.41, 5.74) is 2.36. The molecule has 0 fully saturated rings. The summed E-state index contributed by atoms with van der Waals surface area (Å²) in [5, 5.41) is 24.6. The van der Waals surface area contributed by atoms with Gasteiger partial charge in [-0.05, 0) is 62.0 Å². The van der Waals surface area contributed by atoms with Crippen molar-refractivity contribution < 1.29 is 38.8 Å². The van der Waals surface area contributed by atoms with Crippen LogP contribution in [0, 0.1) is 5.92 Å². The molecule has 3 aromatic carbocycles. The number of carboxylic acids is 1. The molecule has 5 rings (SSSR count). The Bertz CT molecular complexity index is 1530. The molecular weight excluding hydrogens is 568 g/mol. The first kappa shape index (κ1) is 30.6. The number of aliphatic hydroxyl groups excluding tert-OH is 1. The number of nitrogens with zero attached hydrogens (tertiary/aromatic N) is 2. The Labute approximate surface area is 255 Å². The number of likely N-dealkylation sites (N-methyl/N-ethyl adjacent to an activating group) is 1. The SMILES string of the molecule is C[C@H](CO)N1C[C@H](C)[C@H](CN(C)Cc2ccc(C(=O)O)cc2)Oc2ccc(NC(=O)Nc3ccc4c(c3)OCO4)cc2C1=O. The van der Waals surface area contributed by atoms with Gasteiger partial charge in [-0.25, -0.2) is 9.59 Å². The number of aliphatic hydroxyl groups is 1. The highest BCUT2D eigenvalue weighted by molar-refractivity contribution is 6.02. The minimum atomic E-state index is -0.972. The third kappa shape index (κ3) is 7.04. The first-order valence-corrected chi connectivity index (χ1v) is 14.3. The van der Waals surface area contributed by atoms with Crippen molar-refractivity contribution in [1.29, 1.82) is 0 Å². The van der Waals surface area contributed by atoms with Crippen molar-refractivity contribution in [2.24, 2.45) is 5.92 Å². The number of carbonyl (C=O) groups is 3. The molecule has 0 saturated heterocycles. The molecule has 232 valence electrons. The normalized spacial score (nSPS) is 18.1. The standard InChI is InChI=1S/C32H36N4O8/c1-19-14-36(20(2)17-37)30(38)25-12-23(33-32(41)34-24-9-11-27-28(13-24)43-18-42-27)8-10-26(25)44-29(19)16-35(3)15-21-4-6-22(7-5-21)31(39)40/h4-13,19-20,29,37H,14-18H2,1-3H3,(H,39,40)(H2,33,34,41)/t19-,20+,29-/m0/s1. The maximum atomic E-state index is 13.7. The molecule has 3 aromatic rings. The Morgan fingerprint density at radius 2 is 1.66 bits per heavy atom. The fraction of sp³-hybridized carbons (Fsp3) is 0.344. The summed E-state index contributed by atoms with van der Waals surface area (Å²) >= 11 is 0. The van der Waals surface area contributed by atoms with Gasteiger partial charge in [-0.15, -0.1) is 0 Å². The zero-order valence-corrected chi connectivity index (χ0v) is 24.8. The number of fused-ring (bicyclic) bond motifs is 2.